The van der Waals surface area contributed by atoms with E-state index in [0.717, 1.165) is 42.4 Å². The van der Waals surface area contributed by atoms with Crippen LogP contribution in [0.1, 0.15) is 55.7 Å². The van der Waals surface area contributed by atoms with Crippen LogP contribution >= 0.6 is 35.0 Å². The molecule has 2 aromatic rings. The number of halogens is 2. The third-order valence-electron chi connectivity index (χ3n) is 6.05. The fourth-order valence-corrected chi connectivity index (χ4v) is 5.60. The van der Waals surface area contributed by atoms with E-state index in [0.29, 0.717) is 22.3 Å². The van der Waals surface area contributed by atoms with Crippen LogP contribution in [0.5, 0.6) is 0 Å². The minimum atomic E-state index is -0.542. The van der Waals surface area contributed by atoms with E-state index >= 15 is 0 Å². The molecular formula is C26H32Cl2N2O2S. The molecule has 0 bridgehead atoms. The second-order valence-electron chi connectivity index (χ2n) is 8.76. The van der Waals surface area contributed by atoms with Crippen LogP contribution in [0.25, 0.3) is 0 Å². The molecule has 0 heterocycles. The zero-order valence-corrected chi connectivity index (χ0v) is 21.6. The number of aryl methyl sites for hydroxylation is 1. The molecule has 3 rings (SSSR count). The van der Waals surface area contributed by atoms with Crippen LogP contribution in [0.4, 0.5) is 0 Å². The van der Waals surface area contributed by atoms with Gasteiger partial charge in [-0.2, -0.15) is 0 Å². The molecule has 7 heteroatoms. The number of carbonyl (C=O) groups is 2. The molecule has 1 saturated carbocycles. The normalized spacial score (nSPS) is 15.2. The lowest BCUT2D eigenvalue weighted by Gasteiger charge is -2.31. The third kappa shape index (κ3) is 7.94. The summed E-state index contributed by atoms with van der Waals surface area (Å²) in [6.07, 6.45) is 5.56. The predicted octanol–water partition coefficient (Wildman–Crippen LogP) is 6.40. The molecule has 1 fully saturated rings. The summed E-state index contributed by atoms with van der Waals surface area (Å²) in [5.74, 6) is 0.737. The third-order valence-corrected chi connectivity index (χ3v) is 7.61. The lowest BCUT2D eigenvalue weighted by atomic mass is 9.95. The van der Waals surface area contributed by atoms with Crippen molar-refractivity contribution in [3.63, 3.8) is 0 Å². The van der Waals surface area contributed by atoms with E-state index in [1.807, 2.05) is 38.1 Å². The highest BCUT2D eigenvalue weighted by Gasteiger charge is 2.28. The summed E-state index contributed by atoms with van der Waals surface area (Å²) in [4.78, 5) is 28.0. The van der Waals surface area contributed by atoms with Crippen LogP contribution < -0.4 is 5.32 Å². The van der Waals surface area contributed by atoms with Gasteiger partial charge in [0.2, 0.25) is 11.8 Å². The molecule has 33 heavy (non-hydrogen) atoms. The van der Waals surface area contributed by atoms with Crippen molar-refractivity contribution in [2.75, 3.05) is 5.75 Å². The number of rotatable bonds is 9. The van der Waals surface area contributed by atoms with Gasteiger partial charge in [-0.25, -0.2) is 0 Å². The Morgan fingerprint density at radius 1 is 1.12 bits per heavy atom. The number of hydrogen-bond donors (Lipinski definition) is 1. The lowest BCUT2D eigenvalue weighted by Crippen LogP contribution is -2.50. The summed E-state index contributed by atoms with van der Waals surface area (Å²) in [6, 6.07) is 13.1. The highest BCUT2D eigenvalue weighted by Crippen LogP contribution is 2.25. The molecule has 2 amide bonds. The molecular weight excluding hydrogens is 475 g/mol. The molecule has 0 aliphatic heterocycles. The Morgan fingerprint density at radius 3 is 2.58 bits per heavy atom. The van der Waals surface area contributed by atoms with Gasteiger partial charge in [0.25, 0.3) is 0 Å². The van der Waals surface area contributed by atoms with E-state index in [1.54, 1.807) is 17.0 Å². The van der Waals surface area contributed by atoms with E-state index < -0.39 is 6.04 Å². The van der Waals surface area contributed by atoms with Crippen molar-refractivity contribution in [2.24, 2.45) is 0 Å². The maximum Gasteiger partial charge on any atom is 0.242 e. The number of amides is 2. The fraction of sp³-hybridized carbons (Fsp3) is 0.462. The highest BCUT2D eigenvalue weighted by atomic mass is 35.5. The second-order valence-corrected chi connectivity index (χ2v) is 10.6. The highest BCUT2D eigenvalue weighted by molar-refractivity contribution is 7.99. The van der Waals surface area contributed by atoms with Crippen molar-refractivity contribution in [3.05, 3.63) is 69.2 Å². The molecule has 0 saturated heterocycles. The Bertz CT molecular complexity index is 963. The monoisotopic (exact) mass is 506 g/mol. The van der Waals surface area contributed by atoms with E-state index in [4.69, 9.17) is 23.2 Å². The molecule has 1 N–H and O–H groups in total. The first-order valence-corrected chi connectivity index (χ1v) is 13.4. The van der Waals surface area contributed by atoms with Crippen LogP contribution in [0.15, 0.2) is 42.5 Å². The quantitative estimate of drug-likeness (QED) is 0.427. The number of nitrogens with one attached hydrogen (secondary N) is 1. The number of nitrogens with zero attached hydrogens (tertiary/aromatic N) is 1. The molecule has 4 nitrogen and oxygen atoms in total. The molecule has 1 aliphatic carbocycles. The van der Waals surface area contributed by atoms with Crippen molar-refractivity contribution in [1.29, 1.82) is 0 Å². The first kappa shape index (κ1) is 25.9. The first-order chi connectivity index (χ1) is 15.8. The summed E-state index contributed by atoms with van der Waals surface area (Å²) in [5, 5.41) is 4.36. The van der Waals surface area contributed by atoms with Gasteiger partial charge in [-0.05, 0) is 49.9 Å². The summed E-state index contributed by atoms with van der Waals surface area (Å²) < 4.78 is 0. The van der Waals surface area contributed by atoms with Gasteiger partial charge in [-0.15, -0.1) is 11.8 Å². The van der Waals surface area contributed by atoms with Crippen molar-refractivity contribution < 1.29 is 9.59 Å². The molecule has 0 radical (unpaired) electrons. The van der Waals surface area contributed by atoms with E-state index in [9.17, 15) is 9.59 Å². The van der Waals surface area contributed by atoms with E-state index in [2.05, 4.69) is 11.4 Å². The van der Waals surface area contributed by atoms with Gasteiger partial charge in [-0.3, -0.25) is 9.59 Å². The largest absolute Gasteiger partial charge is 0.352 e. The average molecular weight is 508 g/mol. The zero-order valence-electron chi connectivity index (χ0n) is 19.3. The van der Waals surface area contributed by atoms with Crippen molar-refractivity contribution in [2.45, 2.75) is 70.3 Å². The number of hydrogen-bond acceptors (Lipinski definition) is 3. The SMILES string of the molecule is Cc1cccc(CN(C(=O)CSCc2ccc(Cl)cc2Cl)[C@H](C)C(=O)NC2CCCCC2)c1. The summed E-state index contributed by atoms with van der Waals surface area (Å²) in [6.45, 7) is 4.26. The minimum absolute atomic E-state index is 0.0575. The standard InChI is InChI=1S/C26H32Cl2N2O2S/c1-18-7-6-8-20(13-18)15-30(19(2)26(32)29-23-9-4-3-5-10-23)25(31)17-33-16-21-11-12-22(27)14-24(21)28/h6-8,11-14,19,23H,3-5,9-10,15-17H2,1-2H3,(H,29,32)/t19-/m1/s1. The van der Waals surface area contributed by atoms with Crippen LogP contribution in [-0.4, -0.2) is 34.6 Å². The Kier molecular flexibility index (Phi) is 9.96. The van der Waals surface area contributed by atoms with Gasteiger partial charge in [0.1, 0.15) is 6.04 Å². The van der Waals surface area contributed by atoms with Crippen LogP contribution in [0, 0.1) is 6.92 Å². The van der Waals surface area contributed by atoms with Crippen LogP contribution in [-0.2, 0) is 21.9 Å². The van der Waals surface area contributed by atoms with Gasteiger partial charge in [0, 0.05) is 28.4 Å². The molecule has 178 valence electrons. The van der Waals surface area contributed by atoms with Gasteiger partial charge in [0.15, 0.2) is 0 Å². The zero-order chi connectivity index (χ0) is 23.8. The van der Waals surface area contributed by atoms with Crippen LogP contribution in [0.2, 0.25) is 10.0 Å². The smallest absolute Gasteiger partial charge is 0.242 e. The Balaban J connectivity index is 1.66. The summed E-state index contributed by atoms with van der Waals surface area (Å²) in [5.41, 5.74) is 3.09. The summed E-state index contributed by atoms with van der Waals surface area (Å²) in [7, 11) is 0. The maximum atomic E-state index is 13.3. The fourth-order valence-electron chi connectivity index (χ4n) is 4.13. The Morgan fingerprint density at radius 2 is 1.88 bits per heavy atom. The van der Waals surface area contributed by atoms with Gasteiger partial charge in [0.05, 0.1) is 5.75 Å². The predicted molar refractivity (Wildman–Crippen MR) is 139 cm³/mol. The lowest BCUT2D eigenvalue weighted by molar-refractivity contribution is -0.139. The Hall–Kier alpha value is -1.69. The topological polar surface area (TPSA) is 49.4 Å². The number of carbonyl (C=O) groups excluding carboxylic acids is 2. The molecule has 0 aromatic heterocycles. The molecule has 1 atom stereocenters. The van der Waals surface area contributed by atoms with Crippen molar-refractivity contribution in [3.8, 4) is 0 Å². The number of thioether (sulfide) groups is 1. The van der Waals surface area contributed by atoms with Crippen LogP contribution in [0.3, 0.4) is 0 Å². The minimum Gasteiger partial charge on any atom is -0.352 e. The molecule has 1 aliphatic rings. The average Bonchev–Trinajstić information content (AvgIpc) is 2.79. The van der Waals surface area contributed by atoms with Gasteiger partial charge in [-0.1, -0.05) is 78.4 Å². The van der Waals surface area contributed by atoms with E-state index in [1.165, 1.54) is 18.2 Å². The second kappa shape index (κ2) is 12.7. The van der Waals surface area contributed by atoms with E-state index in [-0.39, 0.29) is 23.6 Å². The van der Waals surface area contributed by atoms with Gasteiger partial charge < -0.3 is 10.2 Å². The van der Waals surface area contributed by atoms with Crippen molar-refractivity contribution in [1.82, 2.24) is 10.2 Å². The van der Waals surface area contributed by atoms with Crippen molar-refractivity contribution >= 4 is 46.8 Å². The summed E-state index contributed by atoms with van der Waals surface area (Å²) >= 11 is 13.7. The van der Waals surface area contributed by atoms with Gasteiger partial charge >= 0.3 is 0 Å². The Labute approximate surface area is 211 Å². The maximum absolute atomic E-state index is 13.3. The molecule has 0 spiro atoms. The number of benzene rings is 2. The molecule has 0 unspecified atom stereocenters. The first-order valence-electron chi connectivity index (χ1n) is 11.5. The molecule has 2 aromatic carbocycles.